The zero-order chi connectivity index (χ0) is 19.2. The molecule has 5 atom stereocenters. The van der Waals surface area contributed by atoms with Crippen molar-refractivity contribution in [2.75, 3.05) is 6.54 Å². The third-order valence-corrected chi connectivity index (χ3v) is 6.75. The van der Waals surface area contributed by atoms with E-state index >= 15 is 0 Å². The average Bonchev–Trinajstić information content (AvgIpc) is 3.34. The van der Waals surface area contributed by atoms with E-state index in [-0.39, 0.29) is 24.4 Å². The lowest BCUT2D eigenvalue weighted by atomic mass is 9.84. The Morgan fingerprint density at radius 1 is 1.26 bits per heavy atom. The molecule has 0 radical (unpaired) electrons. The fourth-order valence-corrected chi connectivity index (χ4v) is 5.26. The highest BCUT2D eigenvalue weighted by molar-refractivity contribution is 6.09. The van der Waals surface area contributed by atoms with Gasteiger partial charge in [-0.2, -0.15) is 0 Å². The van der Waals surface area contributed by atoms with Crippen LogP contribution in [0.15, 0.2) is 30.3 Å². The van der Waals surface area contributed by atoms with Gasteiger partial charge in [-0.1, -0.05) is 36.8 Å². The Kier molecular flexibility index (Phi) is 4.44. The molecule has 4 amide bonds. The number of urea groups is 1. The molecular formula is C21H27N3O3. The fraction of sp³-hybridized carbons (Fsp3) is 0.571. The van der Waals surface area contributed by atoms with Crippen LogP contribution < -0.4 is 10.6 Å². The molecule has 1 saturated heterocycles. The minimum absolute atomic E-state index is 0.0778. The van der Waals surface area contributed by atoms with Crippen LogP contribution in [0, 0.1) is 17.8 Å². The summed E-state index contributed by atoms with van der Waals surface area (Å²) in [7, 11) is 0. The van der Waals surface area contributed by atoms with Crippen molar-refractivity contribution < 1.29 is 14.4 Å². The van der Waals surface area contributed by atoms with Gasteiger partial charge in [-0.15, -0.1) is 0 Å². The van der Waals surface area contributed by atoms with Crippen molar-refractivity contribution in [2.45, 2.75) is 51.1 Å². The molecule has 4 rings (SSSR count). The Bertz CT molecular complexity index is 765. The number of carbonyl (C=O) groups excluding carboxylic acids is 3. The summed E-state index contributed by atoms with van der Waals surface area (Å²) in [5.74, 6) is 1.39. The van der Waals surface area contributed by atoms with Crippen LogP contribution in [0.25, 0.3) is 0 Å². The Hall–Kier alpha value is -2.37. The molecule has 1 aromatic carbocycles. The second-order valence-electron chi connectivity index (χ2n) is 8.51. The minimum Gasteiger partial charge on any atom is -0.352 e. The maximum atomic E-state index is 12.9. The summed E-state index contributed by atoms with van der Waals surface area (Å²) >= 11 is 0. The van der Waals surface area contributed by atoms with E-state index < -0.39 is 11.6 Å². The van der Waals surface area contributed by atoms with Gasteiger partial charge in [-0.05, 0) is 56.4 Å². The summed E-state index contributed by atoms with van der Waals surface area (Å²) in [5, 5.41) is 5.77. The van der Waals surface area contributed by atoms with Crippen molar-refractivity contribution in [3.8, 4) is 0 Å². The smallest absolute Gasteiger partial charge is 0.325 e. The number of nitrogens with one attached hydrogen (secondary N) is 2. The van der Waals surface area contributed by atoms with Gasteiger partial charge in [0, 0.05) is 6.04 Å². The molecule has 1 aliphatic heterocycles. The molecule has 3 fully saturated rings. The largest absolute Gasteiger partial charge is 0.352 e. The first-order valence-corrected chi connectivity index (χ1v) is 9.87. The van der Waals surface area contributed by atoms with Crippen molar-refractivity contribution in [3.63, 3.8) is 0 Å². The van der Waals surface area contributed by atoms with Crippen LogP contribution >= 0.6 is 0 Å². The van der Waals surface area contributed by atoms with E-state index in [4.69, 9.17) is 0 Å². The molecule has 1 heterocycles. The lowest BCUT2D eigenvalue weighted by Crippen LogP contribution is -2.47. The van der Waals surface area contributed by atoms with Crippen LogP contribution in [-0.2, 0) is 15.1 Å². The first-order valence-electron chi connectivity index (χ1n) is 9.87. The molecule has 3 aliphatic rings. The van der Waals surface area contributed by atoms with Gasteiger partial charge in [0.25, 0.3) is 5.91 Å². The molecule has 2 N–H and O–H groups in total. The van der Waals surface area contributed by atoms with Gasteiger partial charge in [0.15, 0.2) is 0 Å². The van der Waals surface area contributed by atoms with Gasteiger partial charge >= 0.3 is 6.03 Å². The van der Waals surface area contributed by atoms with Crippen molar-refractivity contribution in [2.24, 2.45) is 17.8 Å². The zero-order valence-electron chi connectivity index (χ0n) is 15.9. The molecule has 6 nitrogen and oxygen atoms in total. The number of fused-ring (bicyclic) bond motifs is 2. The number of benzene rings is 1. The molecule has 2 aliphatic carbocycles. The van der Waals surface area contributed by atoms with Gasteiger partial charge < -0.3 is 10.6 Å². The monoisotopic (exact) mass is 369 g/mol. The normalized spacial score (nSPS) is 33.3. The number of nitrogens with zero attached hydrogens (tertiary/aromatic N) is 1. The second kappa shape index (κ2) is 6.66. The van der Waals surface area contributed by atoms with Crippen LogP contribution in [0.4, 0.5) is 4.79 Å². The van der Waals surface area contributed by atoms with Crippen LogP contribution in [0.5, 0.6) is 0 Å². The van der Waals surface area contributed by atoms with Crippen molar-refractivity contribution in [3.05, 3.63) is 35.9 Å². The maximum Gasteiger partial charge on any atom is 0.325 e. The first kappa shape index (κ1) is 18.0. The number of imide groups is 1. The van der Waals surface area contributed by atoms with E-state index in [0.717, 1.165) is 10.8 Å². The molecule has 27 heavy (non-hydrogen) atoms. The molecule has 2 saturated carbocycles. The van der Waals surface area contributed by atoms with Gasteiger partial charge in [0.1, 0.15) is 12.1 Å². The summed E-state index contributed by atoms with van der Waals surface area (Å²) in [4.78, 5) is 38.8. The Morgan fingerprint density at radius 2 is 2.00 bits per heavy atom. The summed E-state index contributed by atoms with van der Waals surface area (Å²) in [5.41, 5.74) is -0.420. The number of rotatable bonds is 5. The van der Waals surface area contributed by atoms with Crippen LogP contribution in [-0.4, -0.2) is 35.3 Å². The molecule has 1 aromatic rings. The second-order valence-corrected chi connectivity index (χ2v) is 8.51. The van der Waals surface area contributed by atoms with E-state index in [1.165, 1.54) is 25.7 Å². The lowest BCUT2D eigenvalue weighted by Gasteiger charge is -2.29. The van der Waals surface area contributed by atoms with E-state index in [1.807, 2.05) is 25.1 Å². The number of carbonyl (C=O) groups is 3. The van der Waals surface area contributed by atoms with Crippen molar-refractivity contribution in [1.29, 1.82) is 0 Å². The molecule has 0 unspecified atom stereocenters. The standard InChI is InChI=1S/C21H27N3O3/c1-13(17-11-14-8-9-15(17)10-14)22-18(25)12-24-19(26)21(2,23-20(24)27)16-6-4-3-5-7-16/h3-7,13-15,17H,8-12H2,1-2H3,(H,22,25)(H,23,27)/t13-,14-,15-,17-,21+/m0/s1. The summed E-state index contributed by atoms with van der Waals surface area (Å²) in [6.07, 6.45) is 5.05. The number of hydrogen-bond donors (Lipinski definition) is 2. The minimum atomic E-state index is -1.13. The van der Waals surface area contributed by atoms with Crippen LogP contribution in [0.1, 0.15) is 45.1 Å². The third kappa shape index (κ3) is 3.11. The van der Waals surface area contributed by atoms with Crippen LogP contribution in [0.3, 0.4) is 0 Å². The van der Waals surface area contributed by atoms with Crippen LogP contribution in [0.2, 0.25) is 0 Å². The van der Waals surface area contributed by atoms with Gasteiger partial charge in [0.05, 0.1) is 0 Å². The highest BCUT2D eigenvalue weighted by atomic mass is 16.2. The van der Waals surface area contributed by atoms with Gasteiger partial charge in [0.2, 0.25) is 5.91 Å². The first-order chi connectivity index (χ1) is 12.9. The summed E-state index contributed by atoms with van der Waals surface area (Å²) in [6, 6.07) is 8.68. The van der Waals surface area contributed by atoms with Crippen molar-refractivity contribution in [1.82, 2.24) is 15.5 Å². The maximum absolute atomic E-state index is 12.9. The molecule has 144 valence electrons. The molecular weight excluding hydrogens is 342 g/mol. The molecule has 2 bridgehead atoms. The topological polar surface area (TPSA) is 78.5 Å². The van der Waals surface area contributed by atoms with Gasteiger partial charge in [-0.3, -0.25) is 14.5 Å². The van der Waals surface area contributed by atoms with Crippen molar-refractivity contribution >= 4 is 17.8 Å². The summed E-state index contributed by atoms with van der Waals surface area (Å²) in [6.45, 7) is 3.49. The lowest BCUT2D eigenvalue weighted by molar-refractivity contribution is -0.135. The average molecular weight is 369 g/mol. The number of amides is 4. The van der Waals surface area contributed by atoms with E-state index in [1.54, 1.807) is 19.1 Å². The molecule has 6 heteroatoms. The van der Waals surface area contributed by atoms with E-state index in [2.05, 4.69) is 10.6 Å². The quantitative estimate of drug-likeness (QED) is 0.782. The predicted octanol–water partition coefficient (Wildman–Crippen LogP) is 2.39. The molecule has 0 aromatic heterocycles. The number of hydrogen-bond acceptors (Lipinski definition) is 3. The Morgan fingerprint density at radius 3 is 2.63 bits per heavy atom. The SMILES string of the molecule is C[C@H](NC(=O)CN1C(=O)N[C@](C)(c2ccccc2)C1=O)[C@@H]1C[C@H]2CC[C@H]1C2. The third-order valence-electron chi connectivity index (χ3n) is 6.75. The Balaban J connectivity index is 1.39. The fourth-order valence-electron chi connectivity index (χ4n) is 5.26. The van der Waals surface area contributed by atoms with Gasteiger partial charge in [-0.25, -0.2) is 4.79 Å². The summed E-state index contributed by atoms with van der Waals surface area (Å²) < 4.78 is 0. The Labute approximate surface area is 159 Å². The predicted molar refractivity (Wildman–Crippen MR) is 101 cm³/mol. The van der Waals surface area contributed by atoms with E-state index in [0.29, 0.717) is 17.4 Å². The highest BCUT2D eigenvalue weighted by Gasteiger charge is 2.49. The zero-order valence-corrected chi connectivity index (χ0v) is 15.9. The molecule has 0 spiro atoms. The highest BCUT2D eigenvalue weighted by Crippen LogP contribution is 2.49. The van der Waals surface area contributed by atoms with E-state index in [9.17, 15) is 14.4 Å².